The van der Waals surface area contributed by atoms with E-state index in [1.54, 1.807) is 24.3 Å². The Kier molecular flexibility index (Phi) is 6.36. The average Bonchev–Trinajstić information content (AvgIpc) is 3.42. The zero-order valence-corrected chi connectivity index (χ0v) is 19.2. The predicted octanol–water partition coefficient (Wildman–Crippen LogP) is 3.96. The van der Waals surface area contributed by atoms with Crippen molar-refractivity contribution in [3.63, 3.8) is 0 Å². The third-order valence-corrected chi connectivity index (χ3v) is 8.41. The minimum Gasteiger partial charge on any atom is -0.325 e. The Bertz CT molecular complexity index is 1180. The number of rotatable bonds is 7. The molecule has 1 aromatic heterocycles. The van der Waals surface area contributed by atoms with Crippen LogP contribution in [0.4, 0.5) is 5.69 Å². The van der Waals surface area contributed by atoms with Gasteiger partial charge in [-0.1, -0.05) is 23.9 Å². The van der Waals surface area contributed by atoms with Gasteiger partial charge in [-0.05, 0) is 63.1 Å². The zero-order valence-electron chi connectivity index (χ0n) is 17.6. The van der Waals surface area contributed by atoms with Crippen LogP contribution in [0, 0.1) is 0 Å². The van der Waals surface area contributed by atoms with Gasteiger partial charge in [0.2, 0.25) is 15.9 Å². The second kappa shape index (κ2) is 9.02. The minimum absolute atomic E-state index is 0.158. The molecule has 1 atom stereocenters. The molecule has 31 heavy (non-hydrogen) atoms. The first-order valence-electron chi connectivity index (χ1n) is 10.4. The van der Waals surface area contributed by atoms with Crippen LogP contribution in [0.25, 0.3) is 11.0 Å². The van der Waals surface area contributed by atoms with Crippen molar-refractivity contribution in [3.05, 3.63) is 48.5 Å². The number of nitrogens with zero attached hydrogens (tertiary/aromatic N) is 3. The fraction of sp³-hybridized carbons (Fsp3) is 0.364. The van der Waals surface area contributed by atoms with Crippen molar-refractivity contribution in [3.8, 4) is 0 Å². The van der Waals surface area contributed by atoms with Crippen molar-refractivity contribution in [1.29, 1.82) is 0 Å². The van der Waals surface area contributed by atoms with Gasteiger partial charge in [-0.25, -0.2) is 13.4 Å². The van der Waals surface area contributed by atoms with E-state index in [4.69, 9.17) is 0 Å². The summed E-state index contributed by atoms with van der Waals surface area (Å²) in [7, 11) is -3.46. The Hall–Kier alpha value is -2.36. The lowest BCUT2D eigenvalue weighted by molar-refractivity contribution is -0.115. The van der Waals surface area contributed by atoms with Crippen LogP contribution in [-0.2, 0) is 21.4 Å². The van der Waals surface area contributed by atoms with Crippen LogP contribution in [0.5, 0.6) is 0 Å². The van der Waals surface area contributed by atoms with E-state index < -0.39 is 10.0 Å². The Balaban J connectivity index is 1.43. The smallest absolute Gasteiger partial charge is 0.243 e. The molecule has 1 aliphatic rings. The molecule has 0 unspecified atom stereocenters. The lowest BCUT2D eigenvalue weighted by Gasteiger charge is -2.16. The summed E-state index contributed by atoms with van der Waals surface area (Å²) in [5.74, 6) is -0.158. The van der Waals surface area contributed by atoms with Crippen LogP contribution >= 0.6 is 11.8 Å². The summed E-state index contributed by atoms with van der Waals surface area (Å²) in [6.45, 7) is 5.80. The van der Waals surface area contributed by atoms with Gasteiger partial charge in [0.1, 0.15) is 0 Å². The van der Waals surface area contributed by atoms with Crippen LogP contribution in [0.1, 0.15) is 26.7 Å². The number of aryl methyl sites for hydroxylation is 1. The van der Waals surface area contributed by atoms with Crippen molar-refractivity contribution in [1.82, 2.24) is 13.9 Å². The van der Waals surface area contributed by atoms with Crippen LogP contribution in [0.15, 0.2) is 58.6 Å². The highest BCUT2D eigenvalue weighted by atomic mass is 32.2. The van der Waals surface area contributed by atoms with Gasteiger partial charge < -0.3 is 9.88 Å². The van der Waals surface area contributed by atoms with Crippen LogP contribution in [-0.4, -0.2) is 46.5 Å². The van der Waals surface area contributed by atoms with E-state index >= 15 is 0 Å². The van der Waals surface area contributed by atoms with E-state index in [0.717, 1.165) is 35.6 Å². The molecule has 2 heterocycles. The molecule has 1 amide bonds. The maximum absolute atomic E-state index is 12.7. The fourth-order valence-electron chi connectivity index (χ4n) is 3.69. The molecule has 3 aromatic rings. The lowest BCUT2D eigenvalue weighted by atomic mass is 10.3. The molecule has 1 saturated heterocycles. The second-order valence-electron chi connectivity index (χ2n) is 7.51. The molecular weight excluding hydrogens is 432 g/mol. The molecule has 0 aliphatic carbocycles. The average molecular weight is 459 g/mol. The standard InChI is InChI=1S/C22H26N4O3S2/c1-3-26-20-9-5-4-8-19(20)24-22(26)30-16(2)21(27)23-17-10-12-18(13-11-17)31(28,29)25-14-6-7-15-25/h4-5,8-13,16H,3,6-7,14-15H2,1-2H3,(H,23,27)/t16-/m0/s1. The molecule has 1 N–H and O–H groups in total. The number of aromatic nitrogens is 2. The van der Waals surface area contributed by atoms with Gasteiger partial charge in [0.25, 0.3) is 0 Å². The maximum atomic E-state index is 12.7. The Morgan fingerprint density at radius 2 is 1.81 bits per heavy atom. The van der Waals surface area contributed by atoms with Gasteiger partial charge in [0.15, 0.2) is 5.16 Å². The number of imidazole rings is 1. The molecule has 7 nitrogen and oxygen atoms in total. The molecule has 2 aromatic carbocycles. The van der Waals surface area contributed by atoms with E-state index in [9.17, 15) is 13.2 Å². The molecule has 0 radical (unpaired) electrons. The summed E-state index contributed by atoms with van der Waals surface area (Å²) in [6, 6.07) is 14.3. The second-order valence-corrected chi connectivity index (χ2v) is 10.8. The zero-order chi connectivity index (χ0) is 22.0. The quantitative estimate of drug-likeness (QED) is 0.542. The van der Waals surface area contributed by atoms with E-state index in [-0.39, 0.29) is 16.1 Å². The number of sulfonamides is 1. The number of carbonyl (C=O) groups is 1. The minimum atomic E-state index is -3.46. The first kappa shape index (κ1) is 21.9. The number of benzene rings is 2. The number of thioether (sulfide) groups is 1. The van der Waals surface area contributed by atoms with Crippen molar-refractivity contribution >= 4 is 44.4 Å². The summed E-state index contributed by atoms with van der Waals surface area (Å²) in [5, 5.41) is 3.31. The first-order chi connectivity index (χ1) is 14.9. The van der Waals surface area contributed by atoms with Crippen molar-refractivity contribution in [2.24, 2.45) is 0 Å². The number of carbonyl (C=O) groups excluding carboxylic acids is 1. The van der Waals surface area contributed by atoms with Gasteiger partial charge in [-0.3, -0.25) is 4.79 Å². The van der Waals surface area contributed by atoms with Gasteiger partial charge >= 0.3 is 0 Å². The van der Waals surface area contributed by atoms with Gasteiger partial charge in [0.05, 0.1) is 21.2 Å². The van der Waals surface area contributed by atoms with Crippen LogP contribution in [0.2, 0.25) is 0 Å². The van der Waals surface area contributed by atoms with E-state index in [1.165, 1.54) is 16.1 Å². The van der Waals surface area contributed by atoms with Crippen molar-refractivity contribution < 1.29 is 13.2 Å². The highest BCUT2D eigenvalue weighted by molar-refractivity contribution is 8.00. The van der Waals surface area contributed by atoms with Crippen molar-refractivity contribution in [2.75, 3.05) is 18.4 Å². The monoisotopic (exact) mass is 458 g/mol. The first-order valence-corrected chi connectivity index (χ1v) is 12.7. The molecule has 0 spiro atoms. The third-order valence-electron chi connectivity index (χ3n) is 5.41. The van der Waals surface area contributed by atoms with Crippen LogP contribution in [0.3, 0.4) is 0 Å². The topological polar surface area (TPSA) is 84.3 Å². The van der Waals surface area contributed by atoms with Gasteiger partial charge in [0, 0.05) is 25.3 Å². The molecular formula is C22H26N4O3S2. The molecule has 1 aliphatic heterocycles. The van der Waals surface area contributed by atoms with Crippen LogP contribution < -0.4 is 5.32 Å². The summed E-state index contributed by atoms with van der Waals surface area (Å²) in [6.07, 6.45) is 1.80. The lowest BCUT2D eigenvalue weighted by Crippen LogP contribution is -2.27. The molecule has 4 rings (SSSR count). The molecule has 0 bridgehead atoms. The van der Waals surface area contributed by atoms with E-state index in [0.29, 0.717) is 18.8 Å². The Morgan fingerprint density at radius 1 is 1.13 bits per heavy atom. The van der Waals surface area contributed by atoms with Gasteiger partial charge in [-0.15, -0.1) is 0 Å². The molecule has 1 fully saturated rings. The predicted molar refractivity (Wildman–Crippen MR) is 124 cm³/mol. The maximum Gasteiger partial charge on any atom is 0.243 e. The van der Waals surface area contributed by atoms with E-state index in [1.807, 2.05) is 31.2 Å². The highest BCUT2D eigenvalue weighted by Gasteiger charge is 2.27. The normalized spacial score (nSPS) is 15.9. The number of anilines is 1. The van der Waals surface area contributed by atoms with Gasteiger partial charge in [-0.2, -0.15) is 4.31 Å². The van der Waals surface area contributed by atoms with E-state index in [2.05, 4.69) is 21.8 Å². The summed E-state index contributed by atoms with van der Waals surface area (Å²) in [4.78, 5) is 17.6. The number of amides is 1. The highest BCUT2D eigenvalue weighted by Crippen LogP contribution is 2.28. The number of hydrogen-bond donors (Lipinski definition) is 1. The number of para-hydroxylation sites is 2. The molecule has 0 saturated carbocycles. The number of fused-ring (bicyclic) bond motifs is 1. The molecule has 9 heteroatoms. The number of nitrogens with one attached hydrogen (secondary N) is 1. The Morgan fingerprint density at radius 3 is 2.48 bits per heavy atom. The van der Waals surface area contributed by atoms with Crippen molar-refractivity contribution in [2.45, 2.75) is 48.5 Å². The summed E-state index contributed by atoms with van der Waals surface area (Å²) >= 11 is 1.41. The third kappa shape index (κ3) is 4.49. The summed E-state index contributed by atoms with van der Waals surface area (Å²) in [5.41, 5.74) is 2.53. The largest absolute Gasteiger partial charge is 0.325 e. The SMILES string of the molecule is CCn1c(S[C@@H](C)C(=O)Nc2ccc(S(=O)(=O)N3CCCC3)cc2)nc2ccccc21. The Labute approximate surface area is 186 Å². The fourth-order valence-corrected chi connectivity index (χ4v) is 6.20. The summed E-state index contributed by atoms with van der Waals surface area (Å²) < 4.78 is 28.9. The molecule has 164 valence electrons. The number of hydrogen-bond acceptors (Lipinski definition) is 5.